The monoisotopic (exact) mass is 262 g/mol. The van der Waals surface area contributed by atoms with Gasteiger partial charge < -0.3 is 11.1 Å². The highest BCUT2D eigenvalue weighted by molar-refractivity contribution is 5.45. The Morgan fingerprint density at radius 3 is 2.74 bits per heavy atom. The fourth-order valence-corrected chi connectivity index (χ4v) is 2.81. The molecule has 0 bridgehead atoms. The molecule has 3 N–H and O–H groups in total. The zero-order valence-corrected chi connectivity index (χ0v) is 12.3. The molecule has 1 aliphatic rings. The molecule has 1 aromatic heterocycles. The van der Waals surface area contributed by atoms with Gasteiger partial charge in [0, 0.05) is 18.5 Å². The molecule has 0 aromatic carbocycles. The lowest BCUT2D eigenvalue weighted by Gasteiger charge is -2.32. The van der Waals surface area contributed by atoms with Crippen molar-refractivity contribution in [3.8, 4) is 0 Å². The van der Waals surface area contributed by atoms with Crippen LogP contribution >= 0.6 is 0 Å². The van der Waals surface area contributed by atoms with Crippen LogP contribution in [-0.2, 0) is 6.42 Å². The van der Waals surface area contributed by atoms with Crippen molar-refractivity contribution in [1.29, 1.82) is 0 Å². The quantitative estimate of drug-likeness (QED) is 0.874. The summed E-state index contributed by atoms with van der Waals surface area (Å²) in [7, 11) is 0. The summed E-state index contributed by atoms with van der Waals surface area (Å²) in [5, 5.41) is 3.54. The standard InChI is InChI=1S/C15H26N4/c1-4-5-14-18-13(16)9-15(19-14)17-12-7-6-10(2)11(3)8-12/h9-12H,4-8H2,1-3H3,(H3,16,17,18,19). The summed E-state index contributed by atoms with van der Waals surface area (Å²) in [5.74, 6) is 3.92. The van der Waals surface area contributed by atoms with E-state index < -0.39 is 0 Å². The maximum Gasteiger partial charge on any atom is 0.133 e. The average molecular weight is 262 g/mol. The van der Waals surface area contributed by atoms with Gasteiger partial charge in [-0.15, -0.1) is 0 Å². The molecule has 2 rings (SSSR count). The van der Waals surface area contributed by atoms with Crippen molar-refractivity contribution < 1.29 is 0 Å². The van der Waals surface area contributed by atoms with Gasteiger partial charge >= 0.3 is 0 Å². The minimum Gasteiger partial charge on any atom is -0.384 e. The smallest absolute Gasteiger partial charge is 0.133 e. The molecule has 1 fully saturated rings. The number of hydrogen-bond donors (Lipinski definition) is 2. The van der Waals surface area contributed by atoms with Gasteiger partial charge in [-0.05, 0) is 37.5 Å². The first-order valence-corrected chi connectivity index (χ1v) is 7.48. The second-order valence-electron chi connectivity index (χ2n) is 5.95. The van der Waals surface area contributed by atoms with Crippen LogP contribution in [0.1, 0.15) is 52.3 Å². The van der Waals surface area contributed by atoms with E-state index in [1.807, 2.05) is 6.07 Å². The summed E-state index contributed by atoms with van der Waals surface area (Å²) in [6.07, 6.45) is 5.66. The van der Waals surface area contributed by atoms with Crippen molar-refractivity contribution in [3.63, 3.8) is 0 Å². The summed E-state index contributed by atoms with van der Waals surface area (Å²) in [5.41, 5.74) is 5.85. The Bertz CT molecular complexity index is 419. The minimum atomic E-state index is 0.523. The van der Waals surface area contributed by atoms with Crippen molar-refractivity contribution in [3.05, 3.63) is 11.9 Å². The lowest BCUT2D eigenvalue weighted by molar-refractivity contribution is 0.260. The van der Waals surface area contributed by atoms with E-state index in [9.17, 15) is 0 Å². The number of aromatic nitrogens is 2. The number of nitrogens with two attached hydrogens (primary N) is 1. The van der Waals surface area contributed by atoms with Crippen molar-refractivity contribution in [2.24, 2.45) is 11.8 Å². The largest absolute Gasteiger partial charge is 0.384 e. The zero-order chi connectivity index (χ0) is 13.8. The van der Waals surface area contributed by atoms with Crippen LogP contribution in [0.25, 0.3) is 0 Å². The number of aryl methyl sites for hydroxylation is 1. The Labute approximate surface area is 116 Å². The molecule has 1 saturated carbocycles. The first-order chi connectivity index (χ1) is 9.08. The topological polar surface area (TPSA) is 63.8 Å². The molecular weight excluding hydrogens is 236 g/mol. The Kier molecular flexibility index (Phi) is 4.61. The molecule has 0 amide bonds. The highest BCUT2D eigenvalue weighted by Crippen LogP contribution is 2.30. The molecule has 3 atom stereocenters. The van der Waals surface area contributed by atoms with Crippen LogP contribution in [0, 0.1) is 11.8 Å². The van der Waals surface area contributed by atoms with Gasteiger partial charge in [-0.1, -0.05) is 20.8 Å². The van der Waals surface area contributed by atoms with E-state index in [0.717, 1.165) is 36.3 Å². The molecule has 19 heavy (non-hydrogen) atoms. The SMILES string of the molecule is CCCc1nc(N)cc(NC2CCC(C)C(C)C2)n1. The zero-order valence-electron chi connectivity index (χ0n) is 12.3. The number of nitrogens with one attached hydrogen (secondary N) is 1. The van der Waals surface area contributed by atoms with E-state index in [-0.39, 0.29) is 0 Å². The Hall–Kier alpha value is -1.32. The first kappa shape index (κ1) is 14.1. The molecule has 0 aliphatic heterocycles. The fraction of sp³-hybridized carbons (Fsp3) is 0.733. The maximum absolute atomic E-state index is 5.85. The summed E-state index contributed by atoms with van der Waals surface area (Å²) in [6, 6.07) is 2.37. The third kappa shape index (κ3) is 3.82. The Morgan fingerprint density at radius 1 is 1.26 bits per heavy atom. The Morgan fingerprint density at radius 2 is 2.05 bits per heavy atom. The van der Waals surface area contributed by atoms with E-state index in [0.29, 0.717) is 11.9 Å². The van der Waals surface area contributed by atoms with E-state index in [1.165, 1.54) is 19.3 Å². The third-order valence-corrected chi connectivity index (χ3v) is 4.22. The van der Waals surface area contributed by atoms with E-state index in [4.69, 9.17) is 5.73 Å². The van der Waals surface area contributed by atoms with Crippen LogP contribution in [0.4, 0.5) is 11.6 Å². The van der Waals surface area contributed by atoms with Crippen molar-refractivity contribution in [2.75, 3.05) is 11.1 Å². The highest BCUT2D eigenvalue weighted by atomic mass is 15.1. The number of rotatable bonds is 4. The number of nitrogen functional groups attached to an aromatic ring is 1. The van der Waals surface area contributed by atoms with E-state index in [1.54, 1.807) is 0 Å². The molecule has 0 saturated heterocycles. The maximum atomic E-state index is 5.85. The van der Waals surface area contributed by atoms with Crippen LogP contribution in [-0.4, -0.2) is 16.0 Å². The second-order valence-corrected chi connectivity index (χ2v) is 5.95. The molecule has 1 heterocycles. The lowest BCUT2D eigenvalue weighted by Crippen LogP contribution is -2.30. The van der Waals surface area contributed by atoms with Gasteiger partial charge in [0.2, 0.25) is 0 Å². The molecule has 0 radical (unpaired) electrons. The fourth-order valence-electron chi connectivity index (χ4n) is 2.81. The third-order valence-electron chi connectivity index (χ3n) is 4.22. The van der Waals surface area contributed by atoms with Gasteiger partial charge in [-0.2, -0.15) is 0 Å². The van der Waals surface area contributed by atoms with Crippen LogP contribution in [0.3, 0.4) is 0 Å². The first-order valence-electron chi connectivity index (χ1n) is 7.48. The summed E-state index contributed by atoms with van der Waals surface area (Å²) in [6.45, 7) is 6.82. The molecule has 0 spiro atoms. The number of nitrogens with zero attached hydrogens (tertiary/aromatic N) is 2. The molecule has 106 valence electrons. The predicted octanol–water partition coefficient (Wildman–Crippen LogP) is 3.25. The highest BCUT2D eigenvalue weighted by Gasteiger charge is 2.24. The summed E-state index contributed by atoms with van der Waals surface area (Å²) < 4.78 is 0. The Balaban J connectivity index is 2.02. The van der Waals surface area contributed by atoms with Crippen molar-refractivity contribution >= 4 is 11.6 Å². The van der Waals surface area contributed by atoms with Crippen molar-refractivity contribution in [1.82, 2.24) is 9.97 Å². The van der Waals surface area contributed by atoms with E-state index >= 15 is 0 Å². The summed E-state index contributed by atoms with van der Waals surface area (Å²) in [4.78, 5) is 8.83. The number of hydrogen-bond acceptors (Lipinski definition) is 4. The van der Waals surface area contributed by atoms with Gasteiger partial charge in [-0.3, -0.25) is 0 Å². The van der Waals surface area contributed by atoms with Gasteiger partial charge in [0.1, 0.15) is 17.5 Å². The summed E-state index contributed by atoms with van der Waals surface area (Å²) >= 11 is 0. The second kappa shape index (κ2) is 6.22. The molecule has 4 heteroatoms. The predicted molar refractivity (Wildman–Crippen MR) is 80.0 cm³/mol. The van der Waals surface area contributed by atoms with Gasteiger partial charge in [0.15, 0.2) is 0 Å². The average Bonchev–Trinajstić information content (AvgIpc) is 2.33. The van der Waals surface area contributed by atoms with Crippen LogP contribution in [0.15, 0.2) is 6.07 Å². The molecular formula is C15H26N4. The van der Waals surface area contributed by atoms with Gasteiger partial charge in [0.25, 0.3) is 0 Å². The number of anilines is 2. The molecule has 3 unspecified atom stereocenters. The van der Waals surface area contributed by atoms with Gasteiger partial charge in [-0.25, -0.2) is 9.97 Å². The minimum absolute atomic E-state index is 0.523. The van der Waals surface area contributed by atoms with E-state index in [2.05, 4.69) is 36.1 Å². The van der Waals surface area contributed by atoms with Crippen LogP contribution < -0.4 is 11.1 Å². The van der Waals surface area contributed by atoms with Crippen LogP contribution in [0.5, 0.6) is 0 Å². The molecule has 1 aromatic rings. The van der Waals surface area contributed by atoms with Gasteiger partial charge in [0.05, 0.1) is 0 Å². The van der Waals surface area contributed by atoms with Crippen LogP contribution in [0.2, 0.25) is 0 Å². The lowest BCUT2D eigenvalue weighted by atomic mass is 9.79. The normalized spacial score (nSPS) is 27.2. The molecule has 1 aliphatic carbocycles. The van der Waals surface area contributed by atoms with Crippen molar-refractivity contribution in [2.45, 2.75) is 58.9 Å². The molecule has 4 nitrogen and oxygen atoms in total.